The second-order valence-electron chi connectivity index (χ2n) is 5.17. The molecule has 0 aromatic heterocycles. The Kier molecular flexibility index (Phi) is 3.98. The van der Waals surface area contributed by atoms with Crippen LogP contribution in [-0.4, -0.2) is 17.9 Å². The molecule has 0 spiro atoms. The number of hydrogen-bond acceptors (Lipinski definition) is 3. The molecule has 5 heteroatoms. The molecule has 3 rings (SSSR count). The molecule has 1 unspecified atom stereocenters. The van der Waals surface area contributed by atoms with Gasteiger partial charge < -0.3 is 9.68 Å². The Labute approximate surface area is 132 Å². The third-order valence-corrected chi connectivity index (χ3v) is 4.42. The lowest BCUT2D eigenvalue weighted by Gasteiger charge is -2.07. The highest BCUT2D eigenvalue weighted by atomic mass is 79.9. The molecule has 3 nitrogen and oxygen atoms in total. The van der Waals surface area contributed by atoms with E-state index in [1.807, 2.05) is 43.3 Å². The number of Topliss-reactive ketones (excluding diaryl/α,β-unsaturated/α-hetero) is 1. The predicted octanol–water partition coefficient (Wildman–Crippen LogP) is 2.65. The van der Waals surface area contributed by atoms with Gasteiger partial charge in [0.15, 0.2) is 5.78 Å². The summed E-state index contributed by atoms with van der Waals surface area (Å²) < 4.78 is 6.16. The third kappa shape index (κ3) is 2.82. The van der Waals surface area contributed by atoms with Gasteiger partial charge in [-0.15, -0.1) is 0 Å². The molecule has 1 N–H and O–H groups in total. The van der Waals surface area contributed by atoms with Gasteiger partial charge in [-0.1, -0.05) is 52.3 Å². The summed E-state index contributed by atoms with van der Waals surface area (Å²) in [5.74, 6) is 0.0453. The average Bonchev–Trinajstić information content (AvgIpc) is 2.74. The van der Waals surface area contributed by atoms with Crippen molar-refractivity contribution in [1.82, 2.24) is 0 Å². The Morgan fingerprint density at radius 2 is 2.10 bits per heavy atom. The number of carbonyl (C=O) groups is 1. The number of hydrogen-bond donors (Lipinski definition) is 1. The number of ketones is 1. The maximum Gasteiger partial charge on any atom is 0.491 e. The lowest BCUT2D eigenvalue weighted by atomic mass is 9.78. The molecule has 1 aliphatic heterocycles. The number of fused-ring (bicyclic) bond motifs is 1. The number of rotatable bonds is 3. The minimum absolute atomic E-state index is 0.0453. The quantitative estimate of drug-likeness (QED) is 0.687. The van der Waals surface area contributed by atoms with Crippen LogP contribution in [0.25, 0.3) is 0 Å². The van der Waals surface area contributed by atoms with Gasteiger partial charge in [0.1, 0.15) is 0 Å². The van der Waals surface area contributed by atoms with Crippen LogP contribution >= 0.6 is 15.9 Å². The zero-order chi connectivity index (χ0) is 15.0. The van der Waals surface area contributed by atoms with Crippen LogP contribution in [0.1, 0.15) is 34.5 Å². The first-order valence-corrected chi connectivity index (χ1v) is 7.59. The van der Waals surface area contributed by atoms with E-state index in [0.29, 0.717) is 12.0 Å². The van der Waals surface area contributed by atoms with Crippen LogP contribution in [0.2, 0.25) is 0 Å². The van der Waals surface area contributed by atoms with Crippen LogP contribution < -0.4 is 5.46 Å². The molecular weight excluding hydrogens is 331 g/mol. The Morgan fingerprint density at radius 1 is 1.33 bits per heavy atom. The van der Waals surface area contributed by atoms with E-state index in [1.54, 1.807) is 6.07 Å². The van der Waals surface area contributed by atoms with Crippen LogP contribution in [0.3, 0.4) is 0 Å². The molecule has 0 fully saturated rings. The van der Waals surface area contributed by atoms with Crippen LogP contribution in [0.4, 0.5) is 0 Å². The molecule has 21 heavy (non-hydrogen) atoms. The van der Waals surface area contributed by atoms with Crippen molar-refractivity contribution in [2.45, 2.75) is 19.4 Å². The Morgan fingerprint density at radius 3 is 2.86 bits per heavy atom. The van der Waals surface area contributed by atoms with Gasteiger partial charge in [0.05, 0.1) is 6.10 Å². The highest BCUT2D eigenvalue weighted by Gasteiger charge is 2.32. The highest BCUT2D eigenvalue weighted by molar-refractivity contribution is 9.10. The fourth-order valence-corrected chi connectivity index (χ4v) is 3.13. The van der Waals surface area contributed by atoms with Gasteiger partial charge in [-0.05, 0) is 29.6 Å². The van der Waals surface area contributed by atoms with Crippen LogP contribution in [0.5, 0.6) is 0 Å². The van der Waals surface area contributed by atoms with E-state index < -0.39 is 7.12 Å². The molecule has 1 heterocycles. The van der Waals surface area contributed by atoms with Crippen molar-refractivity contribution < 1.29 is 14.5 Å². The standard InChI is InChI=1S/C16H14BBrO3/c1-10-12-7-6-11(8-14(12)17(20)21-10)9-16(19)13-4-2-3-5-15(13)18/h2-8,10,20H,9H2,1H3. The van der Waals surface area contributed by atoms with Crippen molar-refractivity contribution in [2.75, 3.05) is 0 Å². The molecule has 0 amide bonds. The monoisotopic (exact) mass is 344 g/mol. The van der Waals surface area contributed by atoms with Gasteiger partial charge >= 0.3 is 7.12 Å². The molecular formula is C16H14BBrO3. The smallest absolute Gasteiger partial charge is 0.423 e. The van der Waals surface area contributed by atoms with Gasteiger partial charge in [0.25, 0.3) is 0 Å². The van der Waals surface area contributed by atoms with E-state index in [1.165, 1.54) is 0 Å². The largest absolute Gasteiger partial charge is 0.491 e. The van der Waals surface area contributed by atoms with Crippen LogP contribution in [0, 0.1) is 0 Å². The lowest BCUT2D eigenvalue weighted by Crippen LogP contribution is -2.28. The van der Waals surface area contributed by atoms with Crippen LogP contribution in [0.15, 0.2) is 46.9 Å². The van der Waals surface area contributed by atoms with E-state index in [-0.39, 0.29) is 11.9 Å². The minimum Gasteiger partial charge on any atom is -0.423 e. The summed E-state index contributed by atoms with van der Waals surface area (Å²) in [6.07, 6.45) is 0.194. The molecule has 106 valence electrons. The first-order chi connectivity index (χ1) is 10.1. The van der Waals surface area contributed by atoms with Gasteiger partial charge in [0, 0.05) is 16.5 Å². The second-order valence-corrected chi connectivity index (χ2v) is 6.03. The van der Waals surface area contributed by atoms with Crippen molar-refractivity contribution in [3.8, 4) is 0 Å². The van der Waals surface area contributed by atoms with Crippen molar-refractivity contribution in [3.05, 3.63) is 63.6 Å². The van der Waals surface area contributed by atoms with Crippen molar-refractivity contribution in [3.63, 3.8) is 0 Å². The van der Waals surface area contributed by atoms with E-state index >= 15 is 0 Å². The molecule has 0 saturated carbocycles. The summed E-state index contributed by atoms with van der Waals surface area (Å²) in [5.41, 5.74) is 3.30. The summed E-state index contributed by atoms with van der Waals surface area (Å²) in [4.78, 5) is 12.4. The summed E-state index contributed by atoms with van der Waals surface area (Å²) in [7, 11) is -0.895. The maximum atomic E-state index is 12.4. The topological polar surface area (TPSA) is 46.5 Å². The Hall–Kier alpha value is -1.43. The number of carbonyl (C=O) groups excluding carboxylic acids is 1. The van der Waals surface area contributed by atoms with Crippen LogP contribution in [-0.2, 0) is 11.1 Å². The fourth-order valence-electron chi connectivity index (χ4n) is 2.63. The highest BCUT2D eigenvalue weighted by Crippen LogP contribution is 2.24. The molecule has 0 saturated heterocycles. The van der Waals surface area contributed by atoms with Crippen molar-refractivity contribution in [2.24, 2.45) is 0 Å². The summed E-state index contributed by atoms with van der Waals surface area (Å²) >= 11 is 3.40. The zero-order valence-electron chi connectivity index (χ0n) is 11.5. The minimum atomic E-state index is -0.895. The summed E-state index contributed by atoms with van der Waals surface area (Å²) in [6, 6.07) is 13.1. The Balaban J connectivity index is 1.85. The van der Waals surface area contributed by atoms with E-state index in [0.717, 1.165) is 21.1 Å². The van der Waals surface area contributed by atoms with E-state index in [4.69, 9.17) is 4.65 Å². The van der Waals surface area contributed by atoms with Gasteiger partial charge in [0.2, 0.25) is 0 Å². The molecule has 1 aliphatic rings. The lowest BCUT2D eigenvalue weighted by molar-refractivity contribution is 0.0992. The fraction of sp³-hybridized carbons (Fsp3) is 0.188. The summed E-state index contributed by atoms with van der Waals surface area (Å²) in [6.45, 7) is 1.90. The number of benzene rings is 2. The molecule has 2 aromatic carbocycles. The van der Waals surface area contributed by atoms with E-state index in [9.17, 15) is 9.82 Å². The molecule has 2 aromatic rings. The predicted molar refractivity (Wildman–Crippen MR) is 85.7 cm³/mol. The molecule has 1 atom stereocenters. The normalized spacial score (nSPS) is 16.9. The number of halogens is 1. The van der Waals surface area contributed by atoms with Gasteiger partial charge in [-0.25, -0.2) is 0 Å². The third-order valence-electron chi connectivity index (χ3n) is 3.73. The Bertz CT molecular complexity index is 702. The molecule has 0 bridgehead atoms. The first-order valence-electron chi connectivity index (χ1n) is 6.80. The van der Waals surface area contributed by atoms with Crippen molar-refractivity contribution in [1.29, 1.82) is 0 Å². The van der Waals surface area contributed by atoms with Crippen molar-refractivity contribution >= 4 is 34.3 Å². The summed E-state index contributed by atoms with van der Waals surface area (Å²) in [5, 5.41) is 9.86. The van der Waals surface area contributed by atoms with Gasteiger partial charge in [-0.2, -0.15) is 0 Å². The zero-order valence-corrected chi connectivity index (χ0v) is 13.1. The first kappa shape index (κ1) is 14.5. The van der Waals surface area contributed by atoms with E-state index in [2.05, 4.69) is 15.9 Å². The second kappa shape index (κ2) is 5.75. The van der Waals surface area contributed by atoms with Gasteiger partial charge in [-0.3, -0.25) is 4.79 Å². The SMILES string of the molecule is CC1OB(O)c2cc(CC(=O)c3ccccc3Br)ccc21. The molecule has 0 radical (unpaired) electrons. The average molecular weight is 345 g/mol. The molecule has 0 aliphatic carbocycles. The maximum absolute atomic E-state index is 12.4.